The second-order valence-corrected chi connectivity index (χ2v) is 8.36. The number of carbonyl (C=O) groups is 2. The van der Waals surface area contributed by atoms with E-state index in [-0.39, 0.29) is 12.0 Å². The number of carbonyl (C=O) groups excluding carboxylic acids is 2. The van der Waals surface area contributed by atoms with Gasteiger partial charge in [0.2, 0.25) is 0 Å². The van der Waals surface area contributed by atoms with Crippen LogP contribution in [0.4, 0.5) is 0 Å². The third kappa shape index (κ3) is 4.56. The highest BCUT2D eigenvalue weighted by Crippen LogP contribution is 2.32. The molecule has 6 nitrogen and oxygen atoms in total. The molecule has 138 valence electrons. The number of benzene rings is 1. The summed E-state index contributed by atoms with van der Waals surface area (Å²) in [5.41, 5.74) is 5.18. The van der Waals surface area contributed by atoms with E-state index in [1.54, 1.807) is 30.3 Å². The van der Waals surface area contributed by atoms with Crippen molar-refractivity contribution in [1.82, 2.24) is 10.9 Å². The Balaban J connectivity index is 1.62. The zero-order valence-corrected chi connectivity index (χ0v) is 16.6. The SMILES string of the molecule is COc1cc(C(=O)NNC(=O)c2ccc(Br)s2)ccc1OC1CCCC1. The van der Waals surface area contributed by atoms with E-state index in [4.69, 9.17) is 9.47 Å². The minimum absolute atomic E-state index is 0.202. The lowest BCUT2D eigenvalue weighted by Crippen LogP contribution is -2.41. The van der Waals surface area contributed by atoms with E-state index in [1.807, 2.05) is 0 Å². The molecule has 26 heavy (non-hydrogen) atoms. The number of methoxy groups -OCH3 is 1. The molecule has 2 N–H and O–H groups in total. The van der Waals surface area contributed by atoms with Gasteiger partial charge in [-0.05, 0) is 71.9 Å². The summed E-state index contributed by atoms with van der Waals surface area (Å²) in [5.74, 6) is 0.323. The smallest absolute Gasteiger partial charge is 0.279 e. The van der Waals surface area contributed by atoms with Crippen LogP contribution in [0.15, 0.2) is 34.1 Å². The Morgan fingerprint density at radius 3 is 2.46 bits per heavy atom. The molecule has 2 aromatic rings. The molecule has 1 aromatic carbocycles. The first-order chi connectivity index (χ1) is 12.6. The van der Waals surface area contributed by atoms with Gasteiger partial charge in [-0.2, -0.15) is 0 Å². The molecule has 1 aromatic heterocycles. The summed E-state index contributed by atoms with van der Waals surface area (Å²) < 4.78 is 12.2. The minimum Gasteiger partial charge on any atom is -0.493 e. The molecule has 1 heterocycles. The number of halogens is 1. The first kappa shape index (κ1) is 18.7. The van der Waals surface area contributed by atoms with Crippen LogP contribution in [0.1, 0.15) is 45.7 Å². The number of thiophene rings is 1. The number of hydrogen-bond acceptors (Lipinski definition) is 5. The highest BCUT2D eigenvalue weighted by molar-refractivity contribution is 9.11. The minimum atomic E-state index is -0.431. The molecule has 8 heteroatoms. The van der Waals surface area contributed by atoms with Crippen LogP contribution in [0.5, 0.6) is 11.5 Å². The molecule has 0 spiro atoms. The Bertz CT molecular complexity index is 802. The molecule has 1 saturated carbocycles. The molecule has 0 atom stereocenters. The van der Waals surface area contributed by atoms with Gasteiger partial charge in [-0.15, -0.1) is 11.3 Å². The van der Waals surface area contributed by atoms with Crippen molar-refractivity contribution in [3.8, 4) is 11.5 Å². The molecular formula is C18H19BrN2O4S. The van der Waals surface area contributed by atoms with E-state index in [0.29, 0.717) is 21.9 Å². The fourth-order valence-corrected chi connectivity index (χ4v) is 4.06. The largest absolute Gasteiger partial charge is 0.493 e. The quantitative estimate of drug-likeness (QED) is 0.693. The van der Waals surface area contributed by atoms with Crippen LogP contribution in [0.2, 0.25) is 0 Å². The van der Waals surface area contributed by atoms with Crippen molar-refractivity contribution < 1.29 is 19.1 Å². The zero-order valence-electron chi connectivity index (χ0n) is 14.2. The maximum Gasteiger partial charge on any atom is 0.279 e. The van der Waals surface area contributed by atoms with Gasteiger partial charge in [-0.25, -0.2) is 0 Å². The summed E-state index contributed by atoms with van der Waals surface area (Å²) in [7, 11) is 1.54. The molecule has 0 unspecified atom stereocenters. The monoisotopic (exact) mass is 438 g/mol. The van der Waals surface area contributed by atoms with Crippen molar-refractivity contribution in [2.24, 2.45) is 0 Å². The molecular weight excluding hydrogens is 420 g/mol. The van der Waals surface area contributed by atoms with Gasteiger partial charge >= 0.3 is 0 Å². The molecule has 1 fully saturated rings. The molecule has 2 amide bonds. The number of hydrazine groups is 1. The van der Waals surface area contributed by atoms with Crippen LogP contribution in [0.3, 0.4) is 0 Å². The number of amides is 2. The Hall–Kier alpha value is -2.06. The zero-order chi connectivity index (χ0) is 18.5. The normalized spacial score (nSPS) is 14.1. The van der Waals surface area contributed by atoms with Gasteiger partial charge < -0.3 is 9.47 Å². The van der Waals surface area contributed by atoms with Crippen molar-refractivity contribution in [2.75, 3.05) is 7.11 Å². The molecule has 1 aliphatic rings. The van der Waals surface area contributed by atoms with Crippen LogP contribution in [0, 0.1) is 0 Å². The summed E-state index contributed by atoms with van der Waals surface area (Å²) in [5, 5.41) is 0. The second kappa shape index (κ2) is 8.55. The van der Waals surface area contributed by atoms with Gasteiger partial charge in [0.05, 0.1) is 21.9 Å². The van der Waals surface area contributed by atoms with E-state index >= 15 is 0 Å². The molecule has 0 aliphatic heterocycles. The van der Waals surface area contributed by atoms with E-state index in [2.05, 4.69) is 26.8 Å². The predicted molar refractivity (Wildman–Crippen MR) is 103 cm³/mol. The number of hydrogen-bond donors (Lipinski definition) is 2. The van der Waals surface area contributed by atoms with Crippen LogP contribution < -0.4 is 20.3 Å². The van der Waals surface area contributed by atoms with Crippen LogP contribution >= 0.6 is 27.3 Å². The third-order valence-corrected chi connectivity index (χ3v) is 5.73. The predicted octanol–water partition coefficient (Wildman–Crippen LogP) is 3.92. The fraction of sp³-hybridized carbons (Fsp3) is 0.333. The maximum atomic E-state index is 12.3. The van der Waals surface area contributed by atoms with Gasteiger partial charge in [-0.3, -0.25) is 20.4 Å². The Labute approximate surface area is 164 Å². The van der Waals surface area contributed by atoms with E-state index in [1.165, 1.54) is 31.3 Å². The lowest BCUT2D eigenvalue weighted by molar-refractivity contribution is 0.0848. The molecule has 1 aliphatic carbocycles. The molecule has 0 bridgehead atoms. The number of ether oxygens (including phenoxy) is 2. The van der Waals surface area contributed by atoms with Gasteiger partial charge in [-0.1, -0.05) is 0 Å². The average Bonchev–Trinajstić information content (AvgIpc) is 3.31. The van der Waals surface area contributed by atoms with Crippen LogP contribution in [0.25, 0.3) is 0 Å². The maximum absolute atomic E-state index is 12.3. The summed E-state index contributed by atoms with van der Waals surface area (Å²) in [6, 6.07) is 8.43. The molecule has 0 radical (unpaired) electrons. The molecule has 3 rings (SSSR count). The first-order valence-corrected chi connectivity index (χ1v) is 9.88. The number of nitrogens with one attached hydrogen (secondary N) is 2. The summed E-state index contributed by atoms with van der Waals surface area (Å²) in [4.78, 5) is 24.8. The Kier molecular flexibility index (Phi) is 6.16. The van der Waals surface area contributed by atoms with Gasteiger partial charge in [0.1, 0.15) is 0 Å². The Morgan fingerprint density at radius 1 is 1.08 bits per heavy atom. The standard InChI is InChI=1S/C18H19BrN2O4S/c1-24-14-10-11(6-7-13(14)25-12-4-2-3-5-12)17(22)20-21-18(23)15-8-9-16(19)26-15/h6-10,12H,2-5H2,1H3,(H,20,22)(H,21,23). The van der Waals surface area contributed by atoms with E-state index in [9.17, 15) is 9.59 Å². The highest BCUT2D eigenvalue weighted by Gasteiger charge is 2.19. The number of rotatable bonds is 5. The summed E-state index contributed by atoms with van der Waals surface area (Å²) in [6.45, 7) is 0. The first-order valence-electron chi connectivity index (χ1n) is 8.27. The van der Waals surface area contributed by atoms with E-state index < -0.39 is 5.91 Å². The van der Waals surface area contributed by atoms with Gasteiger partial charge in [0.15, 0.2) is 11.5 Å². The molecule has 0 saturated heterocycles. The fourth-order valence-electron chi connectivity index (χ4n) is 2.78. The topological polar surface area (TPSA) is 76.7 Å². The average molecular weight is 439 g/mol. The lowest BCUT2D eigenvalue weighted by atomic mass is 10.2. The van der Waals surface area contributed by atoms with Crippen molar-refractivity contribution in [2.45, 2.75) is 31.8 Å². The summed E-state index contributed by atoms with van der Waals surface area (Å²) >= 11 is 4.58. The van der Waals surface area contributed by atoms with Crippen molar-refractivity contribution in [3.05, 3.63) is 44.6 Å². The second-order valence-electron chi connectivity index (χ2n) is 5.90. The van der Waals surface area contributed by atoms with Crippen molar-refractivity contribution in [1.29, 1.82) is 0 Å². The van der Waals surface area contributed by atoms with Gasteiger partial charge in [0, 0.05) is 5.56 Å². The summed E-state index contributed by atoms with van der Waals surface area (Å²) in [6.07, 6.45) is 4.63. The third-order valence-electron chi connectivity index (χ3n) is 4.11. The van der Waals surface area contributed by atoms with E-state index in [0.717, 1.165) is 16.6 Å². The van der Waals surface area contributed by atoms with Crippen LogP contribution in [-0.2, 0) is 0 Å². The Morgan fingerprint density at radius 2 is 1.81 bits per heavy atom. The van der Waals surface area contributed by atoms with Crippen molar-refractivity contribution in [3.63, 3.8) is 0 Å². The highest BCUT2D eigenvalue weighted by atomic mass is 79.9. The van der Waals surface area contributed by atoms with Crippen LogP contribution in [-0.4, -0.2) is 25.0 Å². The van der Waals surface area contributed by atoms with Crippen molar-refractivity contribution >= 4 is 39.1 Å². The lowest BCUT2D eigenvalue weighted by Gasteiger charge is -2.16. The van der Waals surface area contributed by atoms with Gasteiger partial charge in [0.25, 0.3) is 11.8 Å².